The zero-order chi connectivity index (χ0) is 18.7. The summed E-state index contributed by atoms with van der Waals surface area (Å²) in [5.74, 6) is -2.56. The Morgan fingerprint density at radius 3 is 2.29 bits per heavy atom. The van der Waals surface area contributed by atoms with Crippen molar-refractivity contribution in [3.05, 3.63) is 35.6 Å². The first-order valence-corrected chi connectivity index (χ1v) is 8.50. The summed E-state index contributed by atoms with van der Waals surface area (Å²) in [6.07, 6.45) is -5.56. The summed E-state index contributed by atoms with van der Waals surface area (Å²) in [5.41, 5.74) is -2.00. The number of rotatable bonds is 7. The Balaban J connectivity index is 3.25. The van der Waals surface area contributed by atoms with Crippen LogP contribution < -0.4 is 4.72 Å². The summed E-state index contributed by atoms with van der Waals surface area (Å²) in [6, 6.07) is 5.27. The van der Waals surface area contributed by atoms with Crippen molar-refractivity contribution < 1.29 is 27.6 Å². The lowest BCUT2D eigenvalue weighted by molar-refractivity contribution is -0.143. The van der Waals surface area contributed by atoms with E-state index in [2.05, 4.69) is 4.72 Å². The Morgan fingerprint density at radius 1 is 1.29 bits per heavy atom. The molecule has 0 amide bonds. The van der Waals surface area contributed by atoms with Crippen LogP contribution in [0.4, 0.5) is 13.2 Å². The molecule has 0 spiro atoms. The molecule has 1 aromatic carbocycles. The van der Waals surface area contributed by atoms with Gasteiger partial charge in [-0.25, -0.2) is 18.0 Å². The predicted molar refractivity (Wildman–Crippen MR) is 86.8 cm³/mol. The Kier molecular flexibility index (Phi) is 6.72. The van der Waals surface area contributed by atoms with Crippen LogP contribution in [0, 0.1) is 5.82 Å². The van der Waals surface area contributed by atoms with Gasteiger partial charge in [-0.05, 0) is 33.8 Å². The Morgan fingerprint density at radius 2 is 1.83 bits per heavy atom. The Hall–Kier alpha value is -1.25. The summed E-state index contributed by atoms with van der Waals surface area (Å²) < 4.78 is 56.6. The second-order valence-electron chi connectivity index (χ2n) is 6.67. The first kappa shape index (κ1) is 20.8. The van der Waals surface area contributed by atoms with Gasteiger partial charge in [0, 0.05) is 23.3 Å². The van der Waals surface area contributed by atoms with Crippen LogP contribution >= 0.6 is 0 Å². The lowest BCUT2D eigenvalue weighted by atomic mass is 9.85. The van der Waals surface area contributed by atoms with Gasteiger partial charge in [-0.2, -0.15) is 0 Å². The molecule has 0 aliphatic rings. The number of hydrogen-bond donors (Lipinski definition) is 2. The fraction of sp³-hybridized carbons (Fsp3) is 0.562. The summed E-state index contributed by atoms with van der Waals surface area (Å²) >= 11 is -1.79. The van der Waals surface area contributed by atoms with E-state index < -0.39 is 52.2 Å². The van der Waals surface area contributed by atoms with Crippen molar-refractivity contribution in [3.8, 4) is 0 Å². The van der Waals surface area contributed by atoms with Crippen LogP contribution in [0.3, 0.4) is 0 Å². The minimum atomic E-state index is -2.45. The van der Waals surface area contributed by atoms with Crippen molar-refractivity contribution in [2.45, 2.75) is 56.7 Å². The number of hydrogen-bond acceptors (Lipinski definition) is 3. The molecular weight excluding hydrogens is 343 g/mol. The number of aliphatic carboxylic acids is 1. The third-order valence-electron chi connectivity index (χ3n) is 3.60. The first-order valence-electron chi connectivity index (χ1n) is 7.35. The van der Waals surface area contributed by atoms with E-state index in [0.717, 1.165) is 6.07 Å². The van der Waals surface area contributed by atoms with E-state index >= 15 is 0 Å². The molecule has 136 valence electrons. The summed E-state index contributed by atoms with van der Waals surface area (Å²) in [6.45, 7) is 6.16. The number of nitrogens with one attached hydrogen (secondary N) is 1. The molecule has 1 unspecified atom stereocenters. The minimum absolute atomic E-state index is 0.146. The number of carbonyl (C=O) groups is 1. The average Bonchev–Trinajstić information content (AvgIpc) is 2.46. The highest BCUT2D eigenvalue weighted by Crippen LogP contribution is 2.34. The van der Waals surface area contributed by atoms with Crippen molar-refractivity contribution in [3.63, 3.8) is 0 Å². The van der Waals surface area contributed by atoms with Gasteiger partial charge in [0.25, 0.3) is 0 Å². The fourth-order valence-electron chi connectivity index (χ4n) is 2.03. The van der Waals surface area contributed by atoms with Crippen LogP contribution in [0.2, 0.25) is 0 Å². The molecule has 4 atom stereocenters. The molecule has 0 radical (unpaired) electrons. The molecule has 0 aliphatic carbocycles. The lowest BCUT2D eigenvalue weighted by Crippen LogP contribution is -2.55. The van der Waals surface area contributed by atoms with Gasteiger partial charge < -0.3 is 9.66 Å². The van der Waals surface area contributed by atoms with Gasteiger partial charge in [0.05, 0.1) is 0 Å². The van der Waals surface area contributed by atoms with Gasteiger partial charge in [0.1, 0.15) is 22.3 Å². The maximum absolute atomic E-state index is 14.8. The van der Waals surface area contributed by atoms with Gasteiger partial charge in [-0.3, -0.25) is 0 Å². The van der Waals surface area contributed by atoms with Gasteiger partial charge in [0.15, 0.2) is 6.17 Å². The van der Waals surface area contributed by atoms with Crippen LogP contribution in [0.25, 0.3) is 0 Å². The third kappa shape index (κ3) is 4.87. The molecule has 24 heavy (non-hydrogen) atoms. The molecule has 0 saturated carbocycles. The van der Waals surface area contributed by atoms with E-state index in [1.807, 2.05) is 0 Å². The maximum Gasteiger partial charge on any atom is 0.338 e. The number of alkyl halides is 2. The average molecular weight is 365 g/mol. The van der Waals surface area contributed by atoms with Gasteiger partial charge in [-0.15, -0.1) is 4.72 Å². The second-order valence-corrected chi connectivity index (χ2v) is 8.64. The number of carboxylic acids is 1. The summed E-state index contributed by atoms with van der Waals surface area (Å²) in [7, 11) is 0. The Labute approximate surface area is 142 Å². The first-order chi connectivity index (χ1) is 10.9. The molecule has 0 heterocycles. The Bertz CT molecular complexity index is 582. The van der Waals surface area contributed by atoms with Gasteiger partial charge >= 0.3 is 5.97 Å². The van der Waals surface area contributed by atoms with Crippen LogP contribution in [-0.2, 0) is 21.7 Å². The highest BCUT2D eigenvalue weighted by Gasteiger charge is 2.46. The molecule has 0 bridgehead atoms. The van der Waals surface area contributed by atoms with Crippen LogP contribution in [0.5, 0.6) is 0 Å². The quantitative estimate of drug-likeness (QED) is 0.728. The van der Waals surface area contributed by atoms with E-state index in [1.54, 1.807) is 20.8 Å². The zero-order valence-corrected chi connectivity index (χ0v) is 14.8. The highest BCUT2D eigenvalue weighted by atomic mass is 32.2. The monoisotopic (exact) mass is 365 g/mol. The minimum Gasteiger partial charge on any atom is -0.598 e. The number of halogens is 3. The lowest BCUT2D eigenvalue weighted by Gasteiger charge is -2.37. The topological polar surface area (TPSA) is 72.4 Å². The van der Waals surface area contributed by atoms with E-state index in [1.165, 1.54) is 25.1 Å². The molecule has 0 saturated heterocycles. The zero-order valence-electron chi connectivity index (χ0n) is 14.0. The normalized spacial score (nSPS) is 18.5. The molecule has 8 heteroatoms. The van der Waals surface area contributed by atoms with E-state index in [-0.39, 0.29) is 5.56 Å². The molecule has 0 aliphatic heterocycles. The van der Waals surface area contributed by atoms with Crippen LogP contribution in [0.15, 0.2) is 24.3 Å². The van der Waals surface area contributed by atoms with Crippen LogP contribution in [0.1, 0.15) is 39.7 Å². The summed E-state index contributed by atoms with van der Waals surface area (Å²) in [5, 5.41) is 8.64. The van der Waals surface area contributed by atoms with Crippen LogP contribution in [-0.4, -0.2) is 32.7 Å². The van der Waals surface area contributed by atoms with E-state index in [9.17, 15) is 22.5 Å². The SMILES string of the molecule is CC(C)(C)[S+]([O-])N[C@](C)(c1ccccc1F)[C@@H](F)C[C@@H](F)C(=O)O. The van der Waals surface area contributed by atoms with E-state index in [4.69, 9.17) is 5.11 Å². The van der Waals surface area contributed by atoms with Gasteiger partial charge in [-0.1, -0.05) is 18.2 Å². The molecular formula is C16H22F3NO3S. The molecule has 0 fully saturated rings. The van der Waals surface area contributed by atoms with Crippen molar-refractivity contribution in [1.29, 1.82) is 0 Å². The number of benzene rings is 1. The van der Waals surface area contributed by atoms with Crippen molar-refractivity contribution in [2.75, 3.05) is 0 Å². The smallest absolute Gasteiger partial charge is 0.338 e. The van der Waals surface area contributed by atoms with Gasteiger partial charge in [0.2, 0.25) is 0 Å². The van der Waals surface area contributed by atoms with Crippen molar-refractivity contribution >= 4 is 17.3 Å². The third-order valence-corrected chi connectivity index (χ3v) is 5.32. The molecule has 2 N–H and O–H groups in total. The maximum atomic E-state index is 14.8. The molecule has 4 nitrogen and oxygen atoms in total. The second kappa shape index (κ2) is 7.76. The summed E-state index contributed by atoms with van der Waals surface area (Å²) in [4.78, 5) is 10.7. The largest absolute Gasteiger partial charge is 0.598 e. The predicted octanol–water partition coefficient (Wildman–Crippen LogP) is 3.24. The fourth-order valence-corrected chi connectivity index (χ4v) is 2.96. The van der Waals surface area contributed by atoms with Crippen molar-refractivity contribution in [2.24, 2.45) is 0 Å². The molecule has 1 aromatic rings. The molecule has 1 rings (SSSR count). The standard InChI is InChI=1S/C16H22F3NO3S/c1-15(2,3)24(23)20-16(4,10-7-5-6-8-11(10)17)13(19)9-12(18)14(21)22/h5-8,12-13,20H,9H2,1-4H3,(H,21,22)/t12-,13+,16-,24?/m1/s1. The van der Waals surface area contributed by atoms with Crippen molar-refractivity contribution in [1.82, 2.24) is 4.72 Å². The van der Waals surface area contributed by atoms with E-state index in [0.29, 0.717) is 0 Å². The number of carboxylic acid groups (broad SMARTS) is 1. The molecule has 0 aromatic heterocycles. The highest BCUT2D eigenvalue weighted by molar-refractivity contribution is 7.90.